The van der Waals surface area contributed by atoms with Crippen molar-refractivity contribution < 1.29 is 5.11 Å². The lowest BCUT2D eigenvalue weighted by atomic mass is 9.79. The third-order valence-electron chi connectivity index (χ3n) is 2.35. The normalized spacial score (nSPS) is 17.5. The highest BCUT2D eigenvalue weighted by atomic mass is 16.3. The van der Waals surface area contributed by atoms with Crippen LogP contribution < -0.4 is 0 Å². The fraction of sp³-hybridized carbons (Fsp3) is 0.800. The molecule has 2 atom stereocenters. The lowest BCUT2D eigenvalue weighted by Gasteiger charge is -2.28. The zero-order chi connectivity index (χ0) is 9.07. The minimum Gasteiger partial charge on any atom is -0.389 e. The molecule has 0 heterocycles. The van der Waals surface area contributed by atoms with Crippen LogP contribution in [0, 0.1) is 11.3 Å². The second-order valence-electron chi connectivity index (χ2n) is 4.31. The molecule has 0 aromatic heterocycles. The van der Waals surface area contributed by atoms with Crippen molar-refractivity contribution in [2.45, 2.75) is 40.2 Å². The molecule has 0 fully saturated rings. The van der Waals surface area contributed by atoms with E-state index >= 15 is 0 Å². The van der Waals surface area contributed by atoms with Crippen LogP contribution in [0.5, 0.6) is 0 Å². The Morgan fingerprint density at radius 1 is 1.45 bits per heavy atom. The van der Waals surface area contributed by atoms with Gasteiger partial charge in [0.25, 0.3) is 0 Å². The van der Waals surface area contributed by atoms with Crippen molar-refractivity contribution in [2.24, 2.45) is 11.3 Å². The SMILES string of the molecule is C=CC(O)CC(C)C(C)(C)C. The van der Waals surface area contributed by atoms with Crippen molar-refractivity contribution in [3.8, 4) is 0 Å². The monoisotopic (exact) mass is 156 g/mol. The van der Waals surface area contributed by atoms with Gasteiger partial charge in [-0.15, -0.1) is 6.58 Å². The summed E-state index contributed by atoms with van der Waals surface area (Å²) < 4.78 is 0. The third kappa shape index (κ3) is 4.20. The van der Waals surface area contributed by atoms with Crippen molar-refractivity contribution in [3.63, 3.8) is 0 Å². The van der Waals surface area contributed by atoms with Crippen LogP contribution in [0.1, 0.15) is 34.1 Å². The van der Waals surface area contributed by atoms with Gasteiger partial charge in [0, 0.05) is 0 Å². The van der Waals surface area contributed by atoms with Gasteiger partial charge in [0.2, 0.25) is 0 Å². The van der Waals surface area contributed by atoms with Gasteiger partial charge in [0.15, 0.2) is 0 Å². The molecule has 0 radical (unpaired) electrons. The molecule has 1 nitrogen and oxygen atoms in total. The summed E-state index contributed by atoms with van der Waals surface area (Å²) in [6, 6.07) is 0. The standard InChI is InChI=1S/C10H20O/c1-6-9(11)7-8(2)10(3,4)5/h6,8-9,11H,1,7H2,2-5H3. The average molecular weight is 156 g/mol. The summed E-state index contributed by atoms with van der Waals surface area (Å²) in [5.74, 6) is 0.524. The Balaban J connectivity index is 3.87. The molecule has 1 heteroatoms. The average Bonchev–Trinajstić information content (AvgIpc) is 1.85. The van der Waals surface area contributed by atoms with Gasteiger partial charge < -0.3 is 5.11 Å². The molecule has 0 aliphatic heterocycles. The highest BCUT2D eigenvalue weighted by Crippen LogP contribution is 2.28. The molecule has 1 N–H and O–H groups in total. The van der Waals surface area contributed by atoms with Gasteiger partial charge in [-0.3, -0.25) is 0 Å². The molecule has 2 unspecified atom stereocenters. The maximum absolute atomic E-state index is 9.27. The van der Waals surface area contributed by atoms with Crippen molar-refractivity contribution in [2.75, 3.05) is 0 Å². The Morgan fingerprint density at radius 2 is 1.91 bits per heavy atom. The molecular weight excluding hydrogens is 136 g/mol. The number of aliphatic hydroxyl groups excluding tert-OH is 1. The van der Waals surface area contributed by atoms with E-state index in [-0.39, 0.29) is 11.5 Å². The Bertz CT molecular complexity index is 121. The van der Waals surface area contributed by atoms with E-state index in [1.165, 1.54) is 0 Å². The minimum absolute atomic E-state index is 0.282. The summed E-state index contributed by atoms with van der Waals surface area (Å²) in [5.41, 5.74) is 0.282. The van der Waals surface area contributed by atoms with Crippen LogP contribution in [0.2, 0.25) is 0 Å². The van der Waals surface area contributed by atoms with Gasteiger partial charge in [-0.2, -0.15) is 0 Å². The van der Waals surface area contributed by atoms with E-state index in [1.54, 1.807) is 6.08 Å². The van der Waals surface area contributed by atoms with Crippen molar-refractivity contribution >= 4 is 0 Å². The highest BCUT2D eigenvalue weighted by Gasteiger charge is 2.21. The summed E-state index contributed by atoms with van der Waals surface area (Å²) in [6.45, 7) is 12.3. The summed E-state index contributed by atoms with van der Waals surface area (Å²) in [7, 11) is 0. The number of hydrogen-bond donors (Lipinski definition) is 1. The smallest absolute Gasteiger partial charge is 0.0721 e. The summed E-state index contributed by atoms with van der Waals surface area (Å²) in [5, 5.41) is 9.27. The molecule has 0 spiro atoms. The predicted molar refractivity (Wildman–Crippen MR) is 49.4 cm³/mol. The van der Waals surface area contributed by atoms with Gasteiger partial charge >= 0.3 is 0 Å². The largest absolute Gasteiger partial charge is 0.389 e. The van der Waals surface area contributed by atoms with Crippen LogP contribution in [-0.4, -0.2) is 11.2 Å². The van der Waals surface area contributed by atoms with Gasteiger partial charge in [-0.05, 0) is 17.8 Å². The van der Waals surface area contributed by atoms with Crippen molar-refractivity contribution in [3.05, 3.63) is 12.7 Å². The summed E-state index contributed by atoms with van der Waals surface area (Å²) in [6.07, 6.45) is 2.07. The number of rotatable bonds is 3. The van der Waals surface area contributed by atoms with Crippen LogP contribution in [0.25, 0.3) is 0 Å². The molecule has 0 bridgehead atoms. The fourth-order valence-electron chi connectivity index (χ4n) is 0.812. The molecule has 0 aromatic carbocycles. The number of aliphatic hydroxyl groups is 1. The fourth-order valence-corrected chi connectivity index (χ4v) is 0.812. The maximum Gasteiger partial charge on any atom is 0.0721 e. The second-order valence-corrected chi connectivity index (χ2v) is 4.31. The summed E-state index contributed by atoms with van der Waals surface area (Å²) in [4.78, 5) is 0. The van der Waals surface area contributed by atoms with E-state index in [1.807, 2.05) is 0 Å². The van der Waals surface area contributed by atoms with Gasteiger partial charge in [-0.25, -0.2) is 0 Å². The molecule has 0 amide bonds. The Kier molecular flexibility index (Phi) is 3.81. The third-order valence-corrected chi connectivity index (χ3v) is 2.35. The zero-order valence-corrected chi connectivity index (χ0v) is 8.09. The van der Waals surface area contributed by atoms with E-state index < -0.39 is 0 Å². The minimum atomic E-state index is -0.343. The van der Waals surface area contributed by atoms with Crippen LogP contribution in [0.3, 0.4) is 0 Å². The lowest BCUT2D eigenvalue weighted by molar-refractivity contribution is 0.143. The van der Waals surface area contributed by atoms with Gasteiger partial charge in [0.1, 0.15) is 0 Å². The first kappa shape index (κ1) is 10.7. The molecule has 0 saturated heterocycles. The molecule has 0 aliphatic rings. The molecule has 66 valence electrons. The van der Waals surface area contributed by atoms with E-state index in [2.05, 4.69) is 34.3 Å². The van der Waals surface area contributed by atoms with Crippen molar-refractivity contribution in [1.82, 2.24) is 0 Å². The molecule has 11 heavy (non-hydrogen) atoms. The van der Waals surface area contributed by atoms with Gasteiger partial charge in [0.05, 0.1) is 6.10 Å². The Hall–Kier alpha value is -0.300. The van der Waals surface area contributed by atoms with Crippen molar-refractivity contribution in [1.29, 1.82) is 0 Å². The number of hydrogen-bond acceptors (Lipinski definition) is 1. The molecule has 0 aliphatic carbocycles. The maximum atomic E-state index is 9.27. The van der Waals surface area contributed by atoms with E-state index in [9.17, 15) is 5.11 Å². The lowest BCUT2D eigenvalue weighted by Crippen LogP contribution is -2.21. The molecular formula is C10H20O. The zero-order valence-electron chi connectivity index (χ0n) is 8.09. The predicted octanol–water partition coefficient (Wildman–Crippen LogP) is 2.61. The highest BCUT2D eigenvalue weighted by molar-refractivity contribution is 4.82. The first-order valence-corrected chi connectivity index (χ1v) is 4.18. The first-order chi connectivity index (χ1) is 4.88. The quantitative estimate of drug-likeness (QED) is 0.623. The second kappa shape index (κ2) is 3.91. The van der Waals surface area contributed by atoms with E-state index in [0.717, 1.165) is 6.42 Å². The Morgan fingerprint density at radius 3 is 2.18 bits per heavy atom. The van der Waals surface area contributed by atoms with Crippen LogP contribution in [0.15, 0.2) is 12.7 Å². The van der Waals surface area contributed by atoms with Crippen LogP contribution >= 0.6 is 0 Å². The van der Waals surface area contributed by atoms with E-state index in [4.69, 9.17) is 0 Å². The molecule has 0 rings (SSSR count). The topological polar surface area (TPSA) is 20.2 Å². The van der Waals surface area contributed by atoms with Crippen LogP contribution in [0.4, 0.5) is 0 Å². The summed E-state index contributed by atoms with van der Waals surface area (Å²) >= 11 is 0. The Labute approximate surface area is 70.1 Å². The van der Waals surface area contributed by atoms with Crippen LogP contribution in [-0.2, 0) is 0 Å². The molecule has 0 saturated carbocycles. The molecule has 0 aromatic rings. The van der Waals surface area contributed by atoms with Gasteiger partial charge in [-0.1, -0.05) is 33.8 Å². The van der Waals surface area contributed by atoms with E-state index in [0.29, 0.717) is 5.92 Å². The first-order valence-electron chi connectivity index (χ1n) is 4.18.